The first kappa shape index (κ1) is 24.7. The predicted octanol–water partition coefficient (Wildman–Crippen LogP) is 5.78. The second-order valence-electron chi connectivity index (χ2n) is 9.99. The molecule has 0 bridgehead atoms. The highest BCUT2D eigenvalue weighted by Crippen LogP contribution is 2.48. The van der Waals surface area contributed by atoms with Gasteiger partial charge in [-0.15, -0.1) is 0 Å². The highest BCUT2D eigenvalue weighted by molar-refractivity contribution is 5.89. The Morgan fingerprint density at radius 2 is 2.00 bits per heavy atom. The van der Waals surface area contributed by atoms with Crippen molar-refractivity contribution in [3.63, 3.8) is 0 Å². The third kappa shape index (κ3) is 6.55. The van der Waals surface area contributed by atoms with E-state index in [-0.39, 0.29) is 12.0 Å². The highest BCUT2D eigenvalue weighted by atomic mass is 16.4. The first-order valence-corrected chi connectivity index (χ1v) is 12.4. The lowest BCUT2D eigenvalue weighted by Crippen LogP contribution is -2.18. The third-order valence-electron chi connectivity index (χ3n) is 7.39. The van der Waals surface area contributed by atoms with Crippen LogP contribution in [0.3, 0.4) is 0 Å². The van der Waals surface area contributed by atoms with Crippen LogP contribution in [0.4, 0.5) is 0 Å². The maximum Gasteiger partial charge on any atom is 0.335 e. The first-order chi connectivity index (χ1) is 15.4. The van der Waals surface area contributed by atoms with Crippen LogP contribution in [0.15, 0.2) is 48.1 Å². The Morgan fingerprint density at radius 1 is 1.22 bits per heavy atom. The Hall–Kier alpha value is -1.91. The van der Waals surface area contributed by atoms with Crippen LogP contribution in [0.2, 0.25) is 0 Å². The maximum absolute atomic E-state index is 11.4. The van der Waals surface area contributed by atoms with Gasteiger partial charge >= 0.3 is 5.97 Å². The molecule has 176 valence electrons. The molecule has 1 unspecified atom stereocenters. The van der Waals surface area contributed by atoms with E-state index in [2.05, 4.69) is 26.0 Å². The normalized spacial score (nSPS) is 26.8. The van der Waals surface area contributed by atoms with E-state index in [9.17, 15) is 20.1 Å². The lowest BCUT2D eigenvalue weighted by atomic mass is 9.88. The van der Waals surface area contributed by atoms with Crippen LogP contribution in [0.25, 0.3) is 0 Å². The van der Waals surface area contributed by atoms with Gasteiger partial charge in [-0.05, 0) is 67.9 Å². The van der Waals surface area contributed by atoms with Crippen molar-refractivity contribution in [3.8, 4) is 0 Å². The van der Waals surface area contributed by atoms with Gasteiger partial charge in [0.2, 0.25) is 0 Å². The van der Waals surface area contributed by atoms with Gasteiger partial charge in [-0.3, -0.25) is 0 Å². The molecule has 1 saturated carbocycles. The molecule has 0 spiro atoms. The number of hydrogen-bond acceptors (Lipinski definition) is 3. The molecule has 4 nitrogen and oxygen atoms in total. The average Bonchev–Trinajstić information content (AvgIpc) is 3.27. The molecule has 32 heavy (non-hydrogen) atoms. The van der Waals surface area contributed by atoms with Gasteiger partial charge < -0.3 is 15.3 Å². The molecule has 2 aliphatic carbocycles. The summed E-state index contributed by atoms with van der Waals surface area (Å²) in [4.78, 5) is 11.4. The highest BCUT2D eigenvalue weighted by Gasteiger charge is 2.43. The van der Waals surface area contributed by atoms with Gasteiger partial charge in [0.05, 0.1) is 17.8 Å². The maximum atomic E-state index is 11.4. The fourth-order valence-electron chi connectivity index (χ4n) is 5.66. The Bertz CT molecular complexity index is 811. The molecule has 4 heteroatoms. The number of unbranched alkanes of at least 4 members (excludes halogenated alkanes) is 1. The number of carboxylic acids is 1. The van der Waals surface area contributed by atoms with Crippen molar-refractivity contribution in [2.75, 3.05) is 0 Å². The van der Waals surface area contributed by atoms with Crippen LogP contribution in [0, 0.1) is 23.7 Å². The van der Waals surface area contributed by atoms with Crippen LogP contribution in [0.5, 0.6) is 0 Å². The topological polar surface area (TPSA) is 77.8 Å². The number of aryl methyl sites for hydroxylation is 1. The number of hydrogen-bond donors (Lipinski definition) is 3. The van der Waals surface area contributed by atoms with E-state index in [0.717, 1.165) is 50.5 Å². The monoisotopic (exact) mass is 440 g/mol. The van der Waals surface area contributed by atoms with Gasteiger partial charge in [0.25, 0.3) is 0 Å². The summed E-state index contributed by atoms with van der Waals surface area (Å²) in [7, 11) is 0. The molecule has 0 aromatic heterocycles. The van der Waals surface area contributed by atoms with E-state index < -0.39 is 12.1 Å². The summed E-state index contributed by atoms with van der Waals surface area (Å²) in [6, 6.07) is 7.26. The average molecular weight is 441 g/mol. The molecule has 2 aliphatic rings. The minimum Gasteiger partial charge on any atom is -0.478 e. The van der Waals surface area contributed by atoms with Crippen molar-refractivity contribution in [2.24, 2.45) is 23.7 Å². The predicted molar refractivity (Wildman–Crippen MR) is 129 cm³/mol. The number of rotatable bonds is 12. The molecule has 0 heterocycles. The lowest BCUT2D eigenvalue weighted by Gasteiger charge is -2.19. The summed E-state index contributed by atoms with van der Waals surface area (Å²) in [6.45, 7) is 4.40. The van der Waals surface area contributed by atoms with E-state index in [4.69, 9.17) is 0 Å². The van der Waals surface area contributed by atoms with E-state index in [1.165, 1.54) is 18.4 Å². The van der Waals surface area contributed by atoms with E-state index in [1.807, 2.05) is 18.2 Å². The van der Waals surface area contributed by atoms with Crippen LogP contribution >= 0.6 is 0 Å². The Kier molecular flexibility index (Phi) is 9.12. The van der Waals surface area contributed by atoms with Gasteiger partial charge in [0.15, 0.2) is 0 Å². The summed E-state index contributed by atoms with van der Waals surface area (Å²) in [5.41, 5.74) is 2.74. The molecule has 1 fully saturated rings. The van der Waals surface area contributed by atoms with Gasteiger partial charge in [0.1, 0.15) is 0 Å². The first-order valence-electron chi connectivity index (χ1n) is 12.4. The van der Waals surface area contributed by atoms with Crippen molar-refractivity contribution in [1.29, 1.82) is 0 Å². The molecule has 0 amide bonds. The van der Waals surface area contributed by atoms with Crippen molar-refractivity contribution < 1.29 is 20.1 Å². The molecule has 1 aromatic rings. The standard InChI is InChI=1S/C28H40O4/c1-3-4-8-19(2)15-23(29)13-14-25-26-17-20(16-22(26)18-27(25)30)9-7-11-21-10-5-6-12-24(21)28(31)32/h5-6,10,12-14,16,19,22-23,25-27,29-30H,3-4,7-9,11,15,17-18H2,1-2H3,(H,31,32)/b14-13+/t19?,22-,23+,25-,26-,27+/m0/s1. The summed E-state index contributed by atoms with van der Waals surface area (Å²) in [6.07, 6.45) is 14.4. The fourth-order valence-corrected chi connectivity index (χ4v) is 5.66. The second-order valence-corrected chi connectivity index (χ2v) is 9.99. The smallest absolute Gasteiger partial charge is 0.335 e. The summed E-state index contributed by atoms with van der Waals surface area (Å²) >= 11 is 0. The quantitative estimate of drug-likeness (QED) is 0.360. The molecular weight excluding hydrogens is 400 g/mol. The van der Waals surface area contributed by atoms with Crippen molar-refractivity contribution in [2.45, 2.75) is 83.8 Å². The van der Waals surface area contributed by atoms with Gasteiger partial charge in [-0.2, -0.15) is 0 Å². The Morgan fingerprint density at radius 3 is 2.75 bits per heavy atom. The van der Waals surface area contributed by atoms with E-state index in [0.29, 0.717) is 23.3 Å². The summed E-state index contributed by atoms with van der Waals surface area (Å²) < 4.78 is 0. The van der Waals surface area contributed by atoms with Crippen LogP contribution in [-0.2, 0) is 6.42 Å². The van der Waals surface area contributed by atoms with Crippen molar-refractivity contribution in [1.82, 2.24) is 0 Å². The number of fused-ring (bicyclic) bond motifs is 1. The van der Waals surface area contributed by atoms with Gasteiger partial charge in [-0.1, -0.05) is 75.1 Å². The second kappa shape index (κ2) is 11.8. The van der Waals surface area contributed by atoms with Crippen molar-refractivity contribution >= 4 is 5.97 Å². The van der Waals surface area contributed by atoms with E-state index in [1.54, 1.807) is 12.1 Å². The summed E-state index contributed by atoms with van der Waals surface area (Å²) in [5, 5.41) is 30.4. The molecule has 0 radical (unpaired) electrons. The number of carbonyl (C=O) groups is 1. The lowest BCUT2D eigenvalue weighted by molar-refractivity contribution is 0.0695. The molecule has 0 aliphatic heterocycles. The Labute approximate surface area is 193 Å². The Balaban J connectivity index is 1.49. The van der Waals surface area contributed by atoms with Crippen LogP contribution < -0.4 is 0 Å². The van der Waals surface area contributed by atoms with Crippen molar-refractivity contribution in [3.05, 3.63) is 59.2 Å². The molecule has 6 atom stereocenters. The number of carboxylic acid groups (broad SMARTS) is 1. The largest absolute Gasteiger partial charge is 0.478 e. The number of benzene rings is 1. The molecule has 1 aromatic carbocycles. The third-order valence-corrected chi connectivity index (χ3v) is 7.39. The molecule has 0 saturated heterocycles. The number of allylic oxidation sites excluding steroid dienone is 2. The SMILES string of the molecule is CCCCC(C)C[C@H](O)/C=C/[C@H]1[C@H]2CC(CCCc3ccccc3C(=O)O)=C[C@H]2C[C@H]1O. The molecule has 3 N–H and O–H groups in total. The number of aliphatic hydroxyl groups excluding tert-OH is 2. The zero-order chi connectivity index (χ0) is 23.1. The minimum absolute atomic E-state index is 0.113. The van der Waals surface area contributed by atoms with Gasteiger partial charge in [-0.25, -0.2) is 4.79 Å². The number of aromatic carboxylic acids is 1. The molecule has 3 rings (SSSR count). The molecular formula is C28H40O4. The van der Waals surface area contributed by atoms with Crippen LogP contribution in [-0.4, -0.2) is 33.5 Å². The fraction of sp³-hybridized carbons (Fsp3) is 0.607. The number of aliphatic hydroxyl groups is 2. The minimum atomic E-state index is -0.860. The summed E-state index contributed by atoms with van der Waals surface area (Å²) in [5.74, 6) is 0.610. The zero-order valence-electron chi connectivity index (χ0n) is 19.6. The zero-order valence-corrected chi connectivity index (χ0v) is 19.6. The van der Waals surface area contributed by atoms with Gasteiger partial charge in [0, 0.05) is 5.92 Å². The van der Waals surface area contributed by atoms with E-state index >= 15 is 0 Å². The van der Waals surface area contributed by atoms with Crippen LogP contribution in [0.1, 0.15) is 81.1 Å².